The van der Waals surface area contributed by atoms with Crippen molar-refractivity contribution in [3.8, 4) is 5.75 Å². The van der Waals surface area contributed by atoms with E-state index in [9.17, 15) is 13.2 Å². The van der Waals surface area contributed by atoms with Gasteiger partial charge in [-0.2, -0.15) is 0 Å². The molecule has 0 radical (unpaired) electrons. The molecule has 0 spiro atoms. The molecule has 1 amide bonds. The summed E-state index contributed by atoms with van der Waals surface area (Å²) in [6.07, 6.45) is 0. The van der Waals surface area contributed by atoms with E-state index in [1.165, 1.54) is 24.3 Å². The predicted molar refractivity (Wildman–Crippen MR) is 115 cm³/mol. The topological polar surface area (TPSA) is 93.7 Å². The van der Waals surface area contributed by atoms with Gasteiger partial charge in [-0.1, -0.05) is 18.2 Å². The number of carbonyl (C=O) groups excluding carboxylic acids is 1. The normalized spacial score (nSPS) is 11.0. The van der Waals surface area contributed by atoms with Crippen LogP contribution in [-0.4, -0.2) is 34.6 Å². The molecule has 0 unspecified atom stereocenters. The predicted octanol–water partition coefficient (Wildman–Crippen LogP) is 3.76. The van der Waals surface area contributed by atoms with Gasteiger partial charge >= 0.3 is 0 Å². The van der Waals surface area contributed by atoms with Gasteiger partial charge in [0, 0.05) is 24.0 Å². The number of sulfonamides is 1. The summed E-state index contributed by atoms with van der Waals surface area (Å²) in [7, 11) is -2.13. The van der Waals surface area contributed by atoms with Gasteiger partial charge in [-0.3, -0.25) is 9.52 Å². The van der Waals surface area contributed by atoms with E-state index in [1.54, 1.807) is 61.7 Å². The number of ether oxygens (including phenoxy) is 2. The largest absolute Gasteiger partial charge is 0.491 e. The number of methoxy groups -OCH3 is 1. The Morgan fingerprint density at radius 1 is 0.833 bits per heavy atom. The van der Waals surface area contributed by atoms with Gasteiger partial charge in [-0.05, 0) is 60.7 Å². The van der Waals surface area contributed by atoms with Crippen LogP contribution in [0.4, 0.5) is 11.4 Å². The number of anilines is 2. The number of carbonyl (C=O) groups is 1. The van der Waals surface area contributed by atoms with E-state index >= 15 is 0 Å². The molecule has 7 nitrogen and oxygen atoms in total. The SMILES string of the molecule is COCCOc1ccc(NC(=O)c2ccc(S(=O)(=O)Nc3ccccc3)cc2)cc1. The van der Waals surface area contributed by atoms with Crippen molar-refractivity contribution in [1.29, 1.82) is 0 Å². The Kier molecular flexibility index (Phi) is 7.05. The Morgan fingerprint density at radius 2 is 1.50 bits per heavy atom. The van der Waals surface area contributed by atoms with Gasteiger partial charge in [-0.25, -0.2) is 8.42 Å². The van der Waals surface area contributed by atoms with Gasteiger partial charge < -0.3 is 14.8 Å². The summed E-state index contributed by atoms with van der Waals surface area (Å²) in [5.74, 6) is 0.327. The van der Waals surface area contributed by atoms with Crippen LogP contribution in [0.3, 0.4) is 0 Å². The third-order valence-electron chi connectivity index (χ3n) is 4.12. The average molecular weight is 426 g/mol. The number of para-hydroxylation sites is 1. The van der Waals surface area contributed by atoms with E-state index in [0.717, 1.165) is 0 Å². The maximum absolute atomic E-state index is 12.5. The van der Waals surface area contributed by atoms with Gasteiger partial charge in [0.25, 0.3) is 15.9 Å². The molecule has 30 heavy (non-hydrogen) atoms. The van der Waals surface area contributed by atoms with Crippen LogP contribution in [0, 0.1) is 0 Å². The van der Waals surface area contributed by atoms with Crippen molar-refractivity contribution in [3.05, 3.63) is 84.4 Å². The van der Waals surface area contributed by atoms with E-state index in [-0.39, 0.29) is 10.8 Å². The van der Waals surface area contributed by atoms with Crippen LogP contribution in [0.25, 0.3) is 0 Å². The second-order valence-electron chi connectivity index (χ2n) is 6.32. The Hall–Kier alpha value is -3.36. The monoisotopic (exact) mass is 426 g/mol. The molecule has 0 saturated carbocycles. The summed E-state index contributed by atoms with van der Waals surface area (Å²) in [4.78, 5) is 12.5. The molecule has 8 heteroatoms. The maximum atomic E-state index is 12.5. The van der Waals surface area contributed by atoms with E-state index in [0.29, 0.717) is 35.9 Å². The van der Waals surface area contributed by atoms with Crippen molar-refractivity contribution in [3.63, 3.8) is 0 Å². The van der Waals surface area contributed by atoms with Crippen molar-refractivity contribution >= 4 is 27.3 Å². The molecule has 3 rings (SSSR count). The summed E-state index contributed by atoms with van der Waals surface area (Å²) in [5.41, 5.74) is 1.41. The van der Waals surface area contributed by atoms with E-state index < -0.39 is 10.0 Å². The molecule has 0 fully saturated rings. The highest BCUT2D eigenvalue weighted by Gasteiger charge is 2.15. The highest BCUT2D eigenvalue weighted by Crippen LogP contribution is 2.19. The molecule has 0 aliphatic rings. The molecule has 2 N–H and O–H groups in total. The molecule has 0 heterocycles. The van der Waals surface area contributed by atoms with Gasteiger partial charge in [0.1, 0.15) is 12.4 Å². The maximum Gasteiger partial charge on any atom is 0.261 e. The highest BCUT2D eigenvalue weighted by molar-refractivity contribution is 7.92. The lowest BCUT2D eigenvalue weighted by Gasteiger charge is -2.10. The van der Waals surface area contributed by atoms with Crippen LogP contribution < -0.4 is 14.8 Å². The number of nitrogens with one attached hydrogen (secondary N) is 2. The number of benzene rings is 3. The molecular weight excluding hydrogens is 404 g/mol. The second kappa shape index (κ2) is 9.91. The fraction of sp³-hybridized carbons (Fsp3) is 0.136. The fourth-order valence-corrected chi connectivity index (χ4v) is 3.64. The second-order valence-corrected chi connectivity index (χ2v) is 8.00. The molecule has 156 valence electrons. The van der Waals surface area contributed by atoms with Crippen molar-refractivity contribution in [2.75, 3.05) is 30.4 Å². The first kappa shape index (κ1) is 21.4. The number of hydrogen-bond donors (Lipinski definition) is 2. The standard InChI is InChI=1S/C22H22N2O5S/c1-28-15-16-29-20-11-9-18(10-12-20)23-22(25)17-7-13-21(14-8-17)30(26,27)24-19-5-3-2-4-6-19/h2-14,24H,15-16H2,1H3,(H,23,25). The lowest BCUT2D eigenvalue weighted by Crippen LogP contribution is -2.14. The van der Waals surface area contributed by atoms with Crippen LogP contribution in [0.2, 0.25) is 0 Å². The zero-order valence-corrected chi connectivity index (χ0v) is 17.2. The molecule has 0 bridgehead atoms. The minimum atomic E-state index is -3.73. The molecule has 0 atom stereocenters. The summed E-state index contributed by atoms with van der Waals surface area (Å²) < 4.78 is 37.8. The van der Waals surface area contributed by atoms with Crippen molar-refractivity contribution in [2.45, 2.75) is 4.90 Å². The van der Waals surface area contributed by atoms with Gasteiger partial charge in [0.15, 0.2) is 0 Å². The Balaban J connectivity index is 1.62. The van der Waals surface area contributed by atoms with Crippen LogP contribution in [-0.2, 0) is 14.8 Å². The number of hydrogen-bond acceptors (Lipinski definition) is 5. The van der Waals surface area contributed by atoms with Crippen LogP contribution in [0.5, 0.6) is 5.75 Å². The third-order valence-corrected chi connectivity index (χ3v) is 5.52. The first-order chi connectivity index (χ1) is 14.5. The average Bonchev–Trinajstić information content (AvgIpc) is 2.75. The summed E-state index contributed by atoms with van der Waals surface area (Å²) >= 11 is 0. The Morgan fingerprint density at radius 3 is 2.13 bits per heavy atom. The summed E-state index contributed by atoms with van der Waals surface area (Å²) in [6.45, 7) is 0.932. The molecule has 0 aliphatic carbocycles. The van der Waals surface area contributed by atoms with Crippen molar-refractivity contribution < 1.29 is 22.7 Å². The molecule has 0 aromatic heterocycles. The summed E-state index contributed by atoms with van der Waals surface area (Å²) in [5, 5.41) is 2.77. The van der Waals surface area contributed by atoms with Gasteiger partial charge in [0.2, 0.25) is 0 Å². The highest BCUT2D eigenvalue weighted by atomic mass is 32.2. The zero-order valence-electron chi connectivity index (χ0n) is 16.4. The van der Waals surface area contributed by atoms with E-state index in [1.807, 2.05) is 0 Å². The van der Waals surface area contributed by atoms with Gasteiger partial charge in [0.05, 0.1) is 11.5 Å². The van der Waals surface area contributed by atoms with E-state index in [4.69, 9.17) is 9.47 Å². The summed E-state index contributed by atoms with van der Waals surface area (Å²) in [6, 6.07) is 21.3. The minimum Gasteiger partial charge on any atom is -0.491 e. The number of rotatable bonds is 9. The Labute approximate surface area is 175 Å². The molecule has 3 aromatic carbocycles. The van der Waals surface area contributed by atoms with Gasteiger partial charge in [-0.15, -0.1) is 0 Å². The van der Waals surface area contributed by atoms with Crippen LogP contribution in [0.15, 0.2) is 83.8 Å². The quantitative estimate of drug-likeness (QED) is 0.508. The van der Waals surface area contributed by atoms with Crippen LogP contribution >= 0.6 is 0 Å². The first-order valence-corrected chi connectivity index (χ1v) is 10.7. The molecule has 3 aromatic rings. The minimum absolute atomic E-state index is 0.0699. The fourth-order valence-electron chi connectivity index (χ4n) is 2.59. The van der Waals surface area contributed by atoms with Crippen molar-refractivity contribution in [2.24, 2.45) is 0 Å². The smallest absolute Gasteiger partial charge is 0.261 e. The molecule has 0 saturated heterocycles. The number of amides is 1. The third kappa shape index (κ3) is 5.82. The molecular formula is C22H22N2O5S. The van der Waals surface area contributed by atoms with E-state index in [2.05, 4.69) is 10.0 Å². The first-order valence-electron chi connectivity index (χ1n) is 9.19. The lowest BCUT2D eigenvalue weighted by atomic mass is 10.2. The zero-order chi connectivity index (χ0) is 21.4. The Bertz CT molecular complexity index is 1070. The van der Waals surface area contributed by atoms with Crippen LogP contribution in [0.1, 0.15) is 10.4 Å². The lowest BCUT2D eigenvalue weighted by molar-refractivity contribution is 0.102. The molecule has 0 aliphatic heterocycles. The van der Waals surface area contributed by atoms with Crippen molar-refractivity contribution in [1.82, 2.24) is 0 Å².